The largest absolute Gasteiger partial charge is 0.477 e. The molecule has 1 amide bonds. The van der Waals surface area contributed by atoms with Gasteiger partial charge in [0.1, 0.15) is 0 Å². The first-order chi connectivity index (χ1) is 13.2. The number of nitrogens with one attached hydrogen (secondary N) is 1. The molecule has 1 saturated carbocycles. The zero-order valence-electron chi connectivity index (χ0n) is 14.6. The van der Waals surface area contributed by atoms with Crippen LogP contribution in [0.15, 0.2) is 61.1 Å². The summed E-state index contributed by atoms with van der Waals surface area (Å²) in [6, 6.07) is 12.8. The van der Waals surface area contributed by atoms with E-state index in [4.69, 9.17) is 16.3 Å². The molecular formula is C21H18ClN3O2. The Bertz CT molecular complexity index is 941. The summed E-state index contributed by atoms with van der Waals surface area (Å²) in [5.74, 6) is 0.942. The molecule has 1 aliphatic carbocycles. The Morgan fingerprint density at radius 1 is 1.19 bits per heavy atom. The molecule has 136 valence electrons. The molecule has 5 nitrogen and oxygen atoms in total. The predicted molar refractivity (Wildman–Crippen MR) is 105 cm³/mol. The van der Waals surface area contributed by atoms with Gasteiger partial charge in [0.05, 0.1) is 24.1 Å². The van der Waals surface area contributed by atoms with Crippen LogP contribution in [0, 0.1) is 5.92 Å². The minimum absolute atomic E-state index is 0.237. The average molecular weight is 380 g/mol. The first kappa shape index (κ1) is 17.5. The summed E-state index contributed by atoms with van der Waals surface area (Å²) in [4.78, 5) is 20.8. The van der Waals surface area contributed by atoms with Crippen LogP contribution in [0.4, 0.5) is 5.69 Å². The maximum Gasteiger partial charge on any atom is 0.257 e. The summed E-state index contributed by atoms with van der Waals surface area (Å²) in [6.45, 7) is 0.662. The number of carbonyl (C=O) groups is 1. The first-order valence-electron chi connectivity index (χ1n) is 8.79. The Balaban J connectivity index is 1.61. The number of hydrogen-bond acceptors (Lipinski definition) is 4. The van der Waals surface area contributed by atoms with Crippen LogP contribution in [0.1, 0.15) is 23.2 Å². The summed E-state index contributed by atoms with van der Waals surface area (Å²) in [5, 5.41) is 3.52. The van der Waals surface area contributed by atoms with Gasteiger partial charge >= 0.3 is 0 Å². The number of ether oxygens (including phenoxy) is 1. The Labute approximate surface area is 162 Å². The van der Waals surface area contributed by atoms with Crippen LogP contribution >= 0.6 is 11.6 Å². The molecule has 0 aliphatic heterocycles. The van der Waals surface area contributed by atoms with E-state index < -0.39 is 0 Å². The van der Waals surface area contributed by atoms with Crippen LogP contribution in [-0.4, -0.2) is 22.5 Å². The van der Waals surface area contributed by atoms with E-state index in [1.54, 1.807) is 24.5 Å². The molecule has 4 rings (SSSR count). The Kier molecular flexibility index (Phi) is 5.03. The Morgan fingerprint density at radius 2 is 2.00 bits per heavy atom. The normalized spacial score (nSPS) is 13.2. The highest BCUT2D eigenvalue weighted by Gasteiger charge is 2.23. The second-order valence-electron chi connectivity index (χ2n) is 6.53. The third-order valence-electron chi connectivity index (χ3n) is 4.34. The van der Waals surface area contributed by atoms with E-state index in [0.29, 0.717) is 34.7 Å². The number of nitrogens with zero attached hydrogens (tertiary/aromatic N) is 2. The summed E-state index contributed by atoms with van der Waals surface area (Å²) in [6.07, 6.45) is 7.17. The lowest BCUT2D eigenvalue weighted by atomic mass is 10.1. The molecule has 1 aliphatic rings. The SMILES string of the molecule is O=C(Nc1cnc(OCC2CC2)c(-c2ccc(Cl)cc2)c1)c1cccnc1. The van der Waals surface area contributed by atoms with Gasteiger partial charge in [-0.15, -0.1) is 0 Å². The van der Waals surface area contributed by atoms with Crippen LogP contribution < -0.4 is 10.1 Å². The quantitative estimate of drug-likeness (QED) is 0.665. The maximum absolute atomic E-state index is 12.4. The van der Waals surface area contributed by atoms with Gasteiger partial charge < -0.3 is 10.1 Å². The topological polar surface area (TPSA) is 64.1 Å². The predicted octanol–water partition coefficient (Wildman–Crippen LogP) is 4.84. The van der Waals surface area contributed by atoms with Gasteiger partial charge in [-0.05, 0) is 54.7 Å². The van der Waals surface area contributed by atoms with Crippen LogP contribution in [0.2, 0.25) is 5.02 Å². The Morgan fingerprint density at radius 3 is 2.70 bits per heavy atom. The molecule has 0 atom stereocenters. The second kappa shape index (κ2) is 7.76. The van der Waals surface area contributed by atoms with Crippen LogP contribution in [0.3, 0.4) is 0 Å². The lowest BCUT2D eigenvalue weighted by Crippen LogP contribution is -2.12. The number of aromatic nitrogens is 2. The van der Waals surface area contributed by atoms with Crippen LogP contribution in [0.25, 0.3) is 11.1 Å². The summed E-state index contributed by atoms with van der Waals surface area (Å²) < 4.78 is 5.92. The minimum atomic E-state index is -0.237. The van der Waals surface area contributed by atoms with Gasteiger partial charge in [0.25, 0.3) is 5.91 Å². The van der Waals surface area contributed by atoms with Gasteiger partial charge in [0.15, 0.2) is 0 Å². The number of halogens is 1. The second-order valence-corrected chi connectivity index (χ2v) is 6.97. The van der Waals surface area contributed by atoms with Crippen molar-refractivity contribution in [2.45, 2.75) is 12.8 Å². The fourth-order valence-corrected chi connectivity index (χ4v) is 2.78. The molecule has 6 heteroatoms. The lowest BCUT2D eigenvalue weighted by Gasteiger charge is -2.13. The molecule has 0 unspecified atom stereocenters. The van der Waals surface area contributed by atoms with E-state index >= 15 is 0 Å². The zero-order valence-corrected chi connectivity index (χ0v) is 15.3. The minimum Gasteiger partial charge on any atom is -0.477 e. The molecule has 0 spiro atoms. The van der Waals surface area contributed by atoms with Gasteiger partial charge in [-0.2, -0.15) is 0 Å². The van der Waals surface area contributed by atoms with Gasteiger partial charge in [-0.25, -0.2) is 4.98 Å². The fraction of sp³-hybridized carbons (Fsp3) is 0.190. The Hall–Kier alpha value is -2.92. The molecule has 0 saturated heterocycles. The monoisotopic (exact) mass is 379 g/mol. The highest BCUT2D eigenvalue weighted by atomic mass is 35.5. The van der Waals surface area contributed by atoms with Gasteiger partial charge in [-0.3, -0.25) is 9.78 Å². The summed E-state index contributed by atoms with van der Waals surface area (Å²) >= 11 is 6.01. The molecule has 2 aromatic heterocycles. The highest BCUT2D eigenvalue weighted by molar-refractivity contribution is 6.30. The van der Waals surface area contributed by atoms with Crippen LogP contribution in [-0.2, 0) is 0 Å². The molecule has 3 aromatic rings. The van der Waals surface area contributed by atoms with E-state index in [1.807, 2.05) is 30.3 Å². The van der Waals surface area contributed by atoms with E-state index in [0.717, 1.165) is 11.1 Å². The van der Waals surface area contributed by atoms with E-state index in [-0.39, 0.29) is 5.91 Å². The number of rotatable bonds is 6. The van der Waals surface area contributed by atoms with E-state index in [1.165, 1.54) is 19.0 Å². The van der Waals surface area contributed by atoms with Gasteiger partial charge in [-0.1, -0.05) is 23.7 Å². The number of carbonyl (C=O) groups excluding carboxylic acids is 1. The number of anilines is 1. The molecule has 1 N–H and O–H groups in total. The third-order valence-corrected chi connectivity index (χ3v) is 4.59. The number of hydrogen-bond donors (Lipinski definition) is 1. The molecular weight excluding hydrogens is 362 g/mol. The fourth-order valence-electron chi connectivity index (χ4n) is 2.65. The van der Waals surface area contributed by atoms with Crippen molar-refractivity contribution in [1.82, 2.24) is 9.97 Å². The van der Waals surface area contributed by atoms with Crippen molar-refractivity contribution >= 4 is 23.2 Å². The average Bonchev–Trinajstić information content (AvgIpc) is 3.53. The van der Waals surface area contributed by atoms with Crippen molar-refractivity contribution in [3.63, 3.8) is 0 Å². The molecule has 1 fully saturated rings. The van der Waals surface area contributed by atoms with Crippen molar-refractivity contribution < 1.29 is 9.53 Å². The van der Waals surface area contributed by atoms with Crippen molar-refractivity contribution in [1.29, 1.82) is 0 Å². The summed E-state index contributed by atoms with van der Waals surface area (Å²) in [5.41, 5.74) is 2.82. The molecule has 2 heterocycles. The van der Waals surface area contributed by atoms with Crippen molar-refractivity contribution in [3.8, 4) is 17.0 Å². The van der Waals surface area contributed by atoms with Crippen molar-refractivity contribution in [3.05, 3.63) is 71.6 Å². The number of benzene rings is 1. The van der Waals surface area contributed by atoms with E-state index in [9.17, 15) is 4.79 Å². The van der Waals surface area contributed by atoms with Crippen molar-refractivity contribution in [2.24, 2.45) is 5.92 Å². The third kappa shape index (κ3) is 4.44. The van der Waals surface area contributed by atoms with E-state index in [2.05, 4.69) is 15.3 Å². The highest BCUT2D eigenvalue weighted by Crippen LogP contribution is 2.34. The maximum atomic E-state index is 12.4. The number of pyridine rings is 2. The first-order valence-corrected chi connectivity index (χ1v) is 9.17. The van der Waals surface area contributed by atoms with Crippen molar-refractivity contribution in [2.75, 3.05) is 11.9 Å². The molecule has 1 aromatic carbocycles. The number of amides is 1. The molecule has 27 heavy (non-hydrogen) atoms. The molecule has 0 radical (unpaired) electrons. The lowest BCUT2D eigenvalue weighted by molar-refractivity contribution is 0.102. The van der Waals surface area contributed by atoms with Crippen LogP contribution in [0.5, 0.6) is 5.88 Å². The summed E-state index contributed by atoms with van der Waals surface area (Å²) in [7, 11) is 0. The zero-order chi connectivity index (χ0) is 18.6. The standard InChI is InChI=1S/C21H18ClN3O2/c22-17-7-5-15(6-8-17)19-10-18(12-24-21(19)27-13-14-3-4-14)25-20(26)16-2-1-9-23-11-16/h1-2,5-12,14H,3-4,13H2,(H,25,26). The molecule has 0 bridgehead atoms. The van der Waals surface area contributed by atoms with Gasteiger partial charge in [0, 0.05) is 23.0 Å². The van der Waals surface area contributed by atoms with Gasteiger partial charge in [0.2, 0.25) is 5.88 Å². The smallest absolute Gasteiger partial charge is 0.257 e.